The first kappa shape index (κ1) is 18.7. The van der Waals surface area contributed by atoms with Crippen molar-refractivity contribution in [3.63, 3.8) is 0 Å². The van der Waals surface area contributed by atoms with E-state index in [9.17, 15) is 12.8 Å². The summed E-state index contributed by atoms with van der Waals surface area (Å²) in [5, 5.41) is -0.130. The molecule has 0 aliphatic rings. The van der Waals surface area contributed by atoms with E-state index in [1.165, 1.54) is 36.8 Å². The lowest BCUT2D eigenvalue weighted by atomic mass is 10.0. The molecule has 2 heterocycles. The van der Waals surface area contributed by atoms with Crippen LogP contribution < -0.4 is 5.73 Å². The lowest BCUT2D eigenvalue weighted by Crippen LogP contribution is -2.06. The number of pyridine rings is 1. The van der Waals surface area contributed by atoms with Gasteiger partial charge in [0.15, 0.2) is 5.03 Å². The molecular weight excluding hydrogens is 391 g/mol. The summed E-state index contributed by atoms with van der Waals surface area (Å²) in [6.07, 6.45) is 4.25. The van der Waals surface area contributed by atoms with E-state index in [0.29, 0.717) is 16.7 Å². The van der Waals surface area contributed by atoms with Crippen LogP contribution in [-0.4, -0.2) is 23.4 Å². The van der Waals surface area contributed by atoms with Crippen molar-refractivity contribution in [2.24, 2.45) is 0 Å². The van der Waals surface area contributed by atoms with Gasteiger partial charge in [-0.2, -0.15) is 0 Å². The van der Waals surface area contributed by atoms with Crippen molar-refractivity contribution in [1.29, 1.82) is 0 Å². The summed E-state index contributed by atoms with van der Waals surface area (Å²) in [4.78, 5) is 11.9. The van der Waals surface area contributed by atoms with Gasteiger partial charge in [-0.3, -0.25) is 0 Å². The number of rotatable bonds is 4. The molecule has 4 aromatic rings. The molecule has 2 N–H and O–H groups in total. The van der Waals surface area contributed by atoms with Crippen LogP contribution in [0.3, 0.4) is 0 Å². The maximum atomic E-state index is 14.8. The van der Waals surface area contributed by atoms with Gasteiger partial charge in [0.25, 0.3) is 0 Å². The van der Waals surface area contributed by atoms with E-state index in [2.05, 4.69) is 15.0 Å². The Bertz CT molecular complexity index is 1280. The van der Waals surface area contributed by atoms with Crippen LogP contribution in [0.5, 0.6) is 0 Å². The van der Waals surface area contributed by atoms with Gasteiger partial charge in [0, 0.05) is 35.3 Å². The molecule has 0 saturated heterocycles. The minimum atomic E-state index is -3.87. The van der Waals surface area contributed by atoms with Crippen LogP contribution in [0.15, 0.2) is 89.2 Å². The first-order valence-corrected chi connectivity index (χ1v) is 10.1. The van der Waals surface area contributed by atoms with E-state index in [0.717, 1.165) is 0 Å². The average molecular weight is 406 g/mol. The molecule has 4 rings (SSSR count). The molecule has 0 aliphatic carbocycles. The van der Waals surface area contributed by atoms with E-state index < -0.39 is 15.7 Å². The lowest BCUT2D eigenvalue weighted by Gasteiger charge is -2.11. The topological polar surface area (TPSA) is 98.8 Å². The largest absolute Gasteiger partial charge is 0.368 e. The van der Waals surface area contributed by atoms with Crippen molar-refractivity contribution in [2.45, 2.75) is 9.92 Å². The fourth-order valence-corrected chi connectivity index (χ4v) is 4.34. The molecule has 29 heavy (non-hydrogen) atoms. The van der Waals surface area contributed by atoms with Crippen molar-refractivity contribution in [3.8, 4) is 22.3 Å². The zero-order valence-electron chi connectivity index (χ0n) is 15.0. The Morgan fingerprint density at radius 2 is 1.52 bits per heavy atom. The second kappa shape index (κ2) is 7.40. The SMILES string of the molecule is Nc1ncc(-c2ccc(-c3cccnc3S(=O)(=O)c3ccccc3)cc2F)cn1. The molecule has 0 radical (unpaired) electrons. The number of aromatic nitrogens is 3. The molecule has 0 bridgehead atoms. The normalized spacial score (nSPS) is 11.3. The van der Waals surface area contributed by atoms with Crippen LogP contribution in [0.4, 0.5) is 10.3 Å². The second-order valence-corrected chi connectivity index (χ2v) is 8.06. The smallest absolute Gasteiger partial charge is 0.224 e. The highest BCUT2D eigenvalue weighted by Crippen LogP contribution is 2.32. The minimum Gasteiger partial charge on any atom is -0.368 e. The highest BCUT2D eigenvalue weighted by molar-refractivity contribution is 7.91. The van der Waals surface area contributed by atoms with Crippen LogP contribution >= 0.6 is 0 Å². The summed E-state index contributed by atoms with van der Waals surface area (Å²) >= 11 is 0. The molecule has 0 amide bonds. The van der Waals surface area contributed by atoms with Gasteiger partial charge < -0.3 is 5.73 Å². The third-order valence-electron chi connectivity index (χ3n) is 4.34. The highest BCUT2D eigenvalue weighted by atomic mass is 32.2. The molecule has 0 atom stereocenters. The molecular formula is C21H15FN4O2S. The molecule has 8 heteroatoms. The fraction of sp³-hybridized carbons (Fsp3) is 0. The van der Waals surface area contributed by atoms with Gasteiger partial charge in [-0.25, -0.2) is 27.8 Å². The van der Waals surface area contributed by atoms with Crippen LogP contribution in [0.25, 0.3) is 22.3 Å². The molecule has 0 aliphatic heterocycles. The van der Waals surface area contributed by atoms with Crippen LogP contribution in [0, 0.1) is 5.82 Å². The molecule has 0 saturated carbocycles. The molecule has 0 fully saturated rings. The predicted octanol–water partition coefficient (Wildman–Crippen LogP) is 3.76. The molecule has 144 valence electrons. The first-order chi connectivity index (χ1) is 14.0. The van der Waals surface area contributed by atoms with Crippen LogP contribution in [0.2, 0.25) is 0 Å². The number of nitrogens with zero attached hydrogens (tertiary/aromatic N) is 3. The van der Waals surface area contributed by atoms with E-state index >= 15 is 0 Å². The number of hydrogen-bond donors (Lipinski definition) is 1. The third-order valence-corrected chi connectivity index (χ3v) is 6.07. The van der Waals surface area contributed by atoms with Gasteiger partial charge in [-0.1, -0.05) is 30.3 Å². The van der Waals surface area contributed by atoms with Crippen LogP contribution in [0.1, 0.15) is 0 Å². The number of halogens is 1. The third kappa shape index (κ3) is 3.57. The first-order valence-electron chi connectivity index (χ1n) is 8.60. The summed E-state index contributed by atoms with van der Waals surface area (Å²) < 4.78 is 40.9. The zero-order valence-corrected chi connectivity index (χ0v) is 15.8. The number of benzene rings is 2. The Hall–Kier alpha value is -3.65. The van der Waals surface area contributed by atoms with Gasteiger partial charge in [-0.15, -0.1) is 0 Å². The van der Waals surface area contributed by atoms with Gasteiger partial charge in [0.1, 0.15) is 5.82 Å². The van der Waals surface area contributed by atoms with Crippen molar-refractivity contribution >= 4 is 15.8 Å². The predicted molar refractivity (Wildman–Crippen MR) is 107 cm³/mol. The Balaban J connectivity index is 1.81. The maximum Gasteiger partial charge on any atom is 0.224 e. The molecule has 0 spiro atoms. The van der Waals surface area contributed by atoms with Crippen molar-refractivity contribution in [3.05, 3.63) is 85.1 Å². The number of nitrogen functional groups attached to an aromatic ring is 1. The standard InChI is InChI=1S/C21H15FN4O2S/c22-19-11-14(8-9-17(19)15-12-25-21(23)26-13-15)18-7-4-10-24-20(18)29(27,28)16-5-2-1-3-6-16/h1-13H,(H2,23,25,26). The highest BCUT2D eigenvalue weighted by Gasteiger charge is 2.23. The lowest BCUT2D eigenvalue weighted by molar-refractivity contribution is 0.592. The minimum absolute atomic E-state index is 0.0944. The molecule has 6 nitrogen and oxygen atoms in total. The quantitative estimate of drug-likeness (QED) is 0.554. The Morgan fingerprint density at radius 1 is 0.793 bits per heavy atom. The van der Waals surface area contributed by atoms with Gasteiger partial charge in [0.05, 0.1) is 4.90 Å². The monoisotopic (exact) mass is 406 g/mol. The van der Waals surface area contributed by atoms with E-state index in [1.54, 1.807) is 42.5 Å². The number of nitrogens with two attached hydrogens (primary N) is 1. The Kier molecular flexibility index (Phi) is 4.77. The Labute approximate surface area is 166 Å². The van der Waals surface area contributed by atoms with E-state index in [1.807, 2.05) is 0 Å². The zero-order chi connectivity index (χ0) is 20.4. The maximum absolute atomic E-state index is 14.8. The summed E-state index contributed by atoms with van der Waals surface area (Å²) in [5.74, 6) is -0.445. The van der Waals surface area contributed by atoms with Gasteiger partial charge in [0.2, 0.25) is 15.8 Å². The molecule has 2 aromatic carbocycles. The Morgan fingerprint density at radius 3 is 2.21 bits per heavy atom. The second-order valence-electron chi connectivity index (χ2n) is 6.20. The molecule has 2 aromatic heterocycles. The van der Waals surface area contributed by atoms with Crippen molar-refractivity contribution in [2.75, 3.05) is 5.73 Å². The molecule has 0 unspecified atom stereocenters. The summed E-state index contributed by atoms with van der Waals surface area (Å²) in [7, 11) is -3.87. The number of sulfone groups is 1. The van der Waals surface area contributed by atoms with Gasteiger partial charge >= 0.3 is 0 Å². The fourth-order valence-electron chi connectivity index (χ4n) is 2.93. The summed E-state index contributed by atoms with van der Waals surface area (Å²) in [6.45, 7) is 0. The summed E-state index contributed by atoms with van der Waals surface area (Å²) in [5.41, 5.74) is 6.92. The van der Waals surface area contributed by atoms with E-state index in [-0.39, 0.29) is 21.4 Å². The average Bonchev–Trinajstić information content (AvgIpc) is 2.75. The van der Waals surface area contributed by atoms with Crippen LogP contribution in [-0.2, 0) is 9.84 Å². The van der Waals surface area contributed by atoms with Crippen molar-refractivity contribution < 1.29 is 12.8 Å². The van der Waals surface area contributed by atoms with Crippen molar-refractivity contribution in [1.82, 2.24) is 15.0 Å². The summed E-state index contributed by atoms with van der Waals surface area (Å²) in [6, 6.07) is 15.7. The van der Waals surface area contributed by atoms with E-state index in [4.69, 9.17) is 5.73 Å². The number of anilines is 1. The van der Waals surface area contributed by atoms with Gasteiger partial charge in [-0.05, 0) is 35.9 Å². The number of hydrogen-bond acceptors (Lipinski definition) is 6.